The van der Waals surface area contributed by atoms with Gasteiger partial charge in [0.15, 0.2) is 0 Å². The number of likely N-dealkylation sites (tertiary alicyclic amines) is 1. The molecule has 2 nitrogen and oxygen atoms in total. The molecule has 1 aromatic carbocycles. The fraction of sp³-hybridized carbons (Fsp3) is 0.647. The highest BCUT2D eigenvalue weighted by Crippen LogP contribution is 2.33. The van der Waals surface area contributed by atoms with Gasteiger partial charge >= 0.3 is 0 Å². The van der Waals surface area contributed by atoms with Crippen LogP contribution < -0.4 is 5.73 Å². The molecule has 1 aliphatic rings. The van der Waals surface area contributed by atoms with E-state index in [1.807, 2.05) is 0 Å². The Balaban J connectivity index is 1.75. The summed E-state index contributed by atoms with van der Waals surface area (Å²) in [6, 6.07) is 10.8. The maximum absolute atomic E-state index is 5.89. The van der Waals surface area contributed by atoms with Gasteiger partial charge in [0.25, 0.3) is 0 Å². The third-order valence-corrected chi connectivity index (χ3v) is 4.78. The van der Waals surface area contributed by atoms with Gasteiger partial charge in [-0.05, 0) is 55.8 Å². The number of benzene rings is 1. The molecule has 0 aromatic heterocycles. The van der Waals surface area contributed by atoms with Crippen LogP contribution in [0.3, 0.4) is 0 Å². The van der Waals surface area contributed by atoms with Crippen molar-refractivity contribution in [3.8, 4) is 0 Å². The Kier molecular flexibility index (Phi) is 5.00. The lowest BCUT2D eigenvalue weighted by Crippen LogP contribution is -2.42. The molecule has 1 heterocycles. The zero-order valence-electron chi connectivity index (χ0n) is 12.4. The van der Waals surface area contributed by atoms with Crippen molar-refractivity contribution in [2.24, 2.45) is 17.1 Å². The molecule has 2 heteroatoms. The van der Waals surface area contributed by atoms with Crippen LogP contribution >= 0.6 is 0 Å². The summed E-state index contributed by atoms with van der Waals surface area (Å²) >= 11 is 0. The van der Waals surface area contributed by atoms with E-state index < -0.39 is 0 Å². The molecule has 1 aliphatic heterocycles. The molecule has 1 fully saturated rings. The third kappa shape index (κ3) is 4.05. The molecule has 0 bridgehead atoms. The van der Waals surface area contributed by atoms with Crippen molar-refractivity contribution in [3.63, 3.8) is 0 Å². The number of nitrogens with two attached hydrogens (primary N) is 1. The first-order valence-corrected chi connectivity index (χ1v) is 7.58. The van der Waals surface area contributed by atoms with Crippen LogP contribution in [0.4, 0.5) is 0 Å². The van der Waals surface area contributed by atoms with Gasteiger partial charge in [-0.2, -0.15) is 0 Å². The molecule has 2 rings (SSSR count). The van der Waals surface area contributed by atoms with Crippen LogP contribution in [0.2, 0.25) is 0 Å². The first-order chi connectivity index (χ1) is 9.12. The Morgan fingerprint density at radius 1 is 1.16 bits per heavy atom. The van der Waals surface area contributed by atoms with Crippen molar-refractivity contribution in [3.05, 3.63) is 35.9 Å². The van der Waals surface area contributed by atoms with E-state index in [9.17, 15) is 0 Å². The van der Waals surface area contributed by atoms with Crippen molar-refractivity contribution in [1.82, 2.24) is 4.90 Å². The Bertz CT molecular complexity index is 364. The fourth-order valence-electron chi connectivity index (χ4n) is 3.04. The molecule has 0 saturated carbocycles. The van der Waals surface area contributed by atoms with Crippen molar-refractivity contribution in [1.29, 1.82) is 0 Å². The largest absolute Gasteiger partial charge is 0.330 e. The molecule has 19 heavy (non-hydrogen) atoms. The van der Waals surface area contributed by atoms with E-state index >= 15 is 0 Å². The maximum Gasteiger partial charge on any atom is 0.00218 e. The second-order valence-corrected chi connectivity index (χ2v) is 6.54. The van der Waals surface area contributed by atoms with Crippen LogP contribution in [0.5, 0.6) is 0 Å². The number of nitrogens with zero attached hydrogens (tertiary/aromatic N) is 1. The van der Waals surface area contributed by atoms with E-state index in [1.54, 1.807) is 0 Å². The van der Waals surface area contributed by atoms with Crippen molar-refractivity contribution in [2.45, 2.75) is 33.1 Å². The fourth-order valence-corrected chi connectivity index (χ4v) is 3.04. The van der Waals surface area contributed by atoms with Gasteiger partial charge in [0.2, 0.25) is 0 Å². The van der Waals surface area contributed by atoms with Gasteiger partial charge in [-0.25, -0.2) is 0 Å². The van der Waals surface area contributed by atoms with Crippen molar-refractivity contribution < 1.29 is 0 Å². The normalized spacial score (nSPS) is 18.7. The SMILES string of the molecule is CC(C)(CN)C1CCN(CCc2ccccc2)CC1. The summed E-state index contributed by atoms with van der Waals surface area (Å²) in [7, 11) is 0. The molecular formula is C17H28N2. The molecule has 1 aromatic rings. The zero-order chi connectivity index (χ0) is 13.7. The van der Waals surface area contributed by atoms with E-state index in [0.29, 0.717) is 5.41 Å². The molecule has 2 N–H and O–H groups in total. The lowest BCUT2D eigenvalue weighted by atomic mass is 9.74. The van der Waals surface area contributed by atoms with Gasteiger partial charge in [0, 0.05) is 6.54 Å². The first-order valence-electron chi connectivity index (χ1n) is 7.58. The Labute approximate surface area is 118 Å². The average molecular weight is 260 g/mol. The van der Waals surface area contributed by atoms with E-state index in [-0.39, 0.29) is 0 Å². The predicted octanol–water partition coefficient (Wildman–Crippen LogP) is 2.93. The minimum atomic E-state index is 0.311. The Morgan fingerprint density at radius 2 is 1.79 bits per heavy atom. The topological polar surface area (TPSA) is 29.3 Å². The summed E-state index contributed by atoms with van der Waals surface area (Å²) in [4.78, 5) is 2.61. The van der Waals surface area contributed by atoms with Crippen LogP contribution in [0.1, 0.15) is 32.3 Å². The number of hydrogen-bond acceptors (Lipinski definition) is 2. The number of piperidine rings is 1. The standard InChI is InChI=1S/C17H28N2/c1-17(2,14-18)16-9-12-19(13-10-16)11-8-15-6-4-3-5-7-15/h3-7,16H,8-14,18H2,1-2H3. The molecule has 0 unspecified atom stereocenters. The molecule has 0 atom stereocenters. The van der Waals surface area contributed by atoms with Gasteiger partial charge in [0.05, 0.1) is 0 Å². The number of rotatable bonds is 5. The third-order valence-electron chi connectivity index (χ3n) is 4.78. The molecule has 106 valence electrons. The van der Waals surface area contributed by atoms with Crippen LogP contribution in [0.25, 0.3) is 0 Å². The molecule has 0 radical (unpaired) electrons. The lowest BCUT2D eigenvalue weighted by Gasteiger charge is -2.40. The Hall–Kier alpha value is -0.860. The van der Waals surface area contributed by atoms with Crippen LogP contribution in [-0.2, 0) is 6.42 Å². The first kappa shape index (κ1) is 14.5. The zero-order valence-corrected chi connectivity index (χ0v) is 12.4. The summed E-state index contributed by atoms with van der Waals surface area (Å²) in [5, 5.41) is 0. The molecule has 0 spiro atoms. The predicted molar refractivity (Wildman–Crippen MR) is 82.1 cm³/mol. The summed E-state index contributed by atoms with van der Waals surface area (Å²) < 4.78 is 0. The molecule has 1 saturated heterocycles. The summed E-state index contributed by atoms with van der Waals surface area (Å²) in [5.74, 6) is 0.797. The highest BCUT2D eigenvalue weighted by Gasteiger charge is 2.31. The van der Waals surface area contributed by atoms with E-state index in [2.05, 4.69) is 49.1 Å². The number of hydrogen-bond donors (Lipinski definition) is 1. The minimum absolute atomic E-state index is 0.311. The smallest absolute Gasteiger partial charge is 0.00218 e. The van der Waals surface area contributed by atoms with E-state index in [0.717, 1.165) is 12.5 Å². The molecular weight excluding hydrogens is 232 g/mol. The summed E-state index contributed by atoms with van der Waals surface area (Å²) in [5.41, 5.74) is 7.65. The van der Waals surface area contributed by atoms with Crippen molar-refractivity contribution in [2.75, 3.05) is 26.2 Å². The van der Waals surface area contributed by atoms with Crippen LogP contribution in [-0.4, -0.2) is 31.1 Å². The highest BCUT2D eigenvalue weighted by molar-refractivity contribution is 5.14. The van der Waals surface area contributed by atoms with Gasteiger partial charge in [-0.3, -0.25) is 0 Å². The molecule has 0 aliphatic carbocycles. The van der Waals surface area contributed by atoms with Crippen molar-refractivity contribution >= 4 is 0 Å². The molecule has 0 amide bonds. The average Bonchev–Trinajstić information content (AvgIpc) is 2.47. The Morgan fingerprint density at radius 3 is 2.37 bits per heavy atom. The summed E-state index contributed by atoms with van der Waals surface area (Å²) in [6.45, 7) is 9.11. The monoisotopic (exact) mass is 260 g/mol. The van der Waals surface area contributed by atoms with E-state index in [1.165, 1.54) is 44.5 Å². The minimum Gasteiger partial charge on any atom is -0.330 e. The van der Waals surface area contributed by atoms with E-state index in [4.69, 9.17) is 5.73 Å². The maximum atomic E-state index is 5.89. The second-order valence-electron chi connectivity index (χ2n) is 6.54. The highest BCUT2D eigenvalue weighted by atomic mass is 15.1. The second kappa shape index (κ2) is 6.53. The quantitative estimate of drug-likeness (QED) is 0.882. The van der Waals surface area contributed by atoms with Gasteiger partial charge in [-0.1, -0.05) is 44.2 Å². The van der Waals surface area contributed by atoms with Gasteiger partial charge in [0.1, 0.15) is 0 Å². The lowest BCUT2D eigenvalue weighted by molar-refractivity contribution is 0.106. The van der Waals surface area contributed by atoms with Crippen LogP contribution in [0.15, 0.2) is 30.3 Å². The van der Waals surface area contributed by atoms with Gasteiger partial charge in [-0.15, -0.1) is 0 Å². The summed E-state index contributed by atoms with van der Waals surface area (Å²) in [6.07, 6.45) is 3.78. The van der Waals surface area contributed by atoms with Gasteiger partial charge < -0.3 is 10.6 Å². The van der Waals surface area contributed by atoms with Crippen LogP contribution in [0, 0.1) is 11.3 Å².